The van der Waals surface area contributed by atoms with Gasteiger partial charge in [0.05, 0.1) is 38.4 Å². The van der Waals surface area contributed by atoms with Crippen molar-refractivity contribution in [1.29, 1.82) is 0 Å². The summed E-state index contributed by atoms with van der Waals surface area (Å²) in [6.07, 6.45) is 2.32. The topological polar surface area (TPSA) is 121 Å². The number of nitrogens with zero attached hydrogens (tertiary/aromatic N) is 4. The van der Waals surface area contributed by atoms with Gasteiger partial charge in [-0.3, -0.25) is 14.6 Å². The number of nitrogen functional groups attached to an aromatic ring is 1. The van der Waals surface area contributed by atoms with Gasteiger partial charge in [0.25, 0.3) is 0 Å². The normalized spacial score (nSPS) is 10.5. The van der Waals surface area contributed by atoms with Gasteiger partial charge in [0, 0.05) is 23.9 Å². The zero-order chi connectivity index (χ0) is 20.8. The number of nitrogens with two attached hydrogens (primary N) is 1. The van der Waals surface area contributed by atoms with E-state index < -0.39 is 5.97 Å². The minimum absolute atomic E-state index is 0.0632. The van der Waals surface area contributed by atoms with Crippen LogP contribution in [0.4, 0.5) is 11.8 Å². The first-order chi connectivity index (χ1) is 13.3. The molecule has 0 spiro atoms. The van der Waals surface area contributed by atoms with Crippen molar-refractivity contribution in [2.24, 2.45) is 0 Å². The van der Waals surface area contributed by atoms with E-state index in [4.69, 9.17) is 26.8 Å². The van der Waals surface area contributed by atoms with Crippen LogP contribution >= 0.6 is 11.6 Å². The van der Waals surface area contributed by atoms with Gasteiger partial charge in [-0.15, -0.1) is 0 Å². The molecule has 0 saturated heterocycles. The fraction of sp³-hybridized carbons (Fsp3) is 0.389. The zero-order valence-corrected chi connectivity index (χ0v) is 16.9. The standard InChI is InChI=1S/C18H22ClN5O4/c1-10-7-21-13(11(2)15(10)28-4)8-24(6-5-14(26)27-3)17-12(9-25)16(19)22-18(20)23-17/h7,9H,5-6,8H2,1-4H3,(H2,20,22,23). The fourth-order valence-corrected chi connectivity index (χ4v) is 3.00. The summed E-state index contributed by atoms with van der Waals surface area (Å²) in [6.45, 7) is 4.23. The zero-order valence-electron chi connectivity index (χ0n) is 16.2. The summed E-state index contributed by atoms with van der Waals surface area (Å²) >= 11 is 6.06. The molecular formula is C18H22ClN5O4. The molecule has 0 aromatic carbocycles. The minimum Gasteiger partial charge on any atom is -0.496 e. The highest BCUT2D eigenvalue weighted by Crippen LogP contribution is 2.28. The molecule has 0 amide bonds. The van der Waals surface area contributed by atoms with Crippen molar-refractivity contribution in [3.8, 4) is 5.75 Å². The number of hydrogen-bond acceptors (Lipinski definition) is 9. The highest BCUT2D eigenvalue weighted by Gasteiger charge is 2.21. The lowest BCUT2D eigenvalue weighted by molar-refractivity contribution is -0.140. The van der Waals surface area contributed by atoms with Crippen LogP contribution in [0.2, 0.25) is 5.15 Å². The van der Waals surface area contributed by atoms with Gasteiger partial charge in [-0.25, -0.2) is 4.98 Å². The first-order valence-corrected chi connectivity index (χ1v) is 8.79. The molecule has 0 aliphatic rings. The van der Waals surface area contributed by atoms with Crippen LogP contribution in [0.15, 0.2) is 6.20 Å². The SMILES string of the molecule is COC(=O)CCN(Cc1ncc(C)c(OC)c1C)c1nc(N)nc(Cl)c1C=O. The van der Waals surface area contributed by atoms with Crippen LogP contribution in [0, 0.1) is 13.8 Å². The Labute approximate surface area is 167 Å². The second-order valence-electron chi connectivity index (χ2n) is 6.02. The quantitative estimate of drug-likeness (QED) is 0.398. The largest absolute Gasteiger partial charge is 0.496 e. The van der Waals surface area contributed by atoms with E-state index in [1.54, 1.807) is 18.2 Å². The summed E-state index contributed by atoms with van der Waals surface area (Å²) in [5, 5.41) is -0.0632. The Balaban J connectivity index is 2.50. The molecule has 150 valence electrons. The van der Waals surface area contributed by atoms with Crippen LogP contribution in [-0.4, -0.2) is 48.0 Å². The maximum absolute atomic E-state index is 11.7. The molecule has 2 N–H and O–H groups in total. The van der Waals surface area contributed by atoms with Crippen molar-refractivity contribution in [2.75, 3.05) is 31.4 Å². The van der Waals surface area contributed by atoms with Gasteiger partial charge in [-0.1, -0.05) is 11.6 Å². The summed E-state index contributed by atoms with van der Waals surface area (Å²) in [7, 11) is 2.89. The molecule has 9 nitrogen and oxygen atoms in total. The third kappa shape index (κ3) is 4.66. The predicted molar refractivity (Wildman–Crippen MR) is 105 cm³/mol. The van der Waals surface area contributed by atoms with Crippen LogP contribution in [0.3, 0.4) is 0 Å². The lowest BCUT2D eigenvalue weighted by atomic mass is 10.1. The van der Waals surface area contributed by atoms with Crippen molar-refractivity contribution >= 4 is 35.6 Å². The van der Waals surface area contributed by atoms with E-state index in [1.165, 1.54) is 7.11 Å². The number of hydrogen-bond donors (Lipinski definition) is 1. The fourth-order valence-electron chi connectivity index (χ4n) is 2.79. The van der Waals surface area contributed by atoms with Gasteiger partial charge in [-0.05, 0) is 13.8 Å². The number of aryl methyl sites for hydroxylation is 1. The van der Waals surface area contributed by atoms with E-state index in [0.717, 1.165) is 11.1 Å². The number of anilines is 2. The Bertz CT molecular complexity index is 891. The minimum atomic E-state index is -0.406. The number of ether oxygens (including phenoxy) is 2. The number of pyridine rings is 1. The molecule has 0 unspecified atom stereocenters. The maximum atomic E-state index is 11.7. The second kappa shape index (κ2) is 9.32. The van der Waals surface area contributed by atoms with Gasteiger partial charge in [0.1, 0.15) is 16.7 Å². The number of carbonyl (C=O) groups excluding carboxylic acids is 2. The number of esters is 1. The average molecular weight is 408 g/mol. The number of rotatable bonds is 8. The molecule has 2 aromatic heterocycles. The first kappa shape index (κ1) is 21.4. The number of halogens is 1. The van der Waals surface area contributed by atoms with E-state index in [1.807, 2.05) is 13.8 Å². The number of aromatic nitrogens is 3. The van der Waals surface area contributed by atoms with Gasteiger partial charge in [0.2, 0.25) is 5.95 Å². The van der Waals surface area contributed by atoms with Crippen molar-refractivity contribution in [3.63, 3.8) is 0 Å². The van der Waals surface area contributed by atoms with Crippen LogP contribution in [0.25, 0.3) is 0 Å². The average Bonchev–Trinajstić information content (AvgIpc) is 2.66. The highest BCUT2D eigenvalue weighted by molar-refractivity contribution is 6.32. The Hall–Kier alpha value is -2.94. The van der Waals surface area contributed by atoms with Gasteiger partial charge < -0.3 is 20.1 Å². The summed E-state index contributed by atoms with van der Waals surface area (Å²) in [4.78, 5) is 37.4. The Morgan fingerprint density at radius 2 is 2.04 bits per heavy atom. The third-order valence-corrected chi connectivity index (χ3v) is 4.51. The highest BCUT2D eigenvalue weighted by atomic mass is 35.5. The van der Waals surface area contributed by atoms with E-state index in [-0.39, 0.29) is 42.0 Å². The molecule has 0 aliphatic carbocycles. The monoisotopic (exact) mass is 407 g/mol. The molecule has 0 bridgehead atoms. The molecule has 10 heteroatoms. The van der Waals surface area contributed by atoms with Gasteiger partial charge in [0.15, 0.2) is 6.29 Å². The molecule has 0 fully saturated rings. The van der Waals surface area contributed by atoms with E-state index in [9.17, 15) is 9.59 Å². The summed E-state index contributed by atoms with van der Waals surface area (Å²) in [5.41, 5.74) is 8.22. The van der Waals surface area contributed by atoms with Crippen molar-refractivity contribution in [1.82, 2.24) is 15.0 Å². The number of carbonyl (C=O) groups is 2. The third-order valence-electron chi connectivity index (χ3n) is 4.22. The van der Waals surface area contributed by atoms with E-state index in [2.05, 4.69) is 15.0 Å². The van der Waals surface area contributed by atoms with Crippen molar-refractivity contribution in [3.05, 3.63) is 33.7 Å². The molecule has 0 saturated carbocycles. The smallest absolute Gasteiger partial charge is 0.307 e. The number of aldehydes is 1. The van der Waals surface area contributed by atoms with Crippen LogP contribution in [0.5, 0.6) is 5.75 Å². The lowest BCUT2D eigenvalue weighted by Crippen LogP contribution is -2.29. The van der Waals surface area contributed by atoms with Crippen molar-refractivity contribution < 1.29 is 19.1 Å². The lowest BCUT2D eigenvalue weighted by Gasteiger charge is -2.25. The Kier molecular flexibility index (Phi) is 7.11. The molecule has 0 aliphatic heterocycles. The van der Waals surface area contributed by atoms with Gasteiger partial charge >= 0.3 is 5.97 Å². The summed E-state index contributed by atoms with van der Waals surface area (Å²) < 4.78 is 10.2. The maximum Gasteiger partial charge on any atom is 0.307 e. The predicted octanol–water partition coefficient (Wildman–Crippen LogP) is 2.11. The summed E-state index contributed by atoms with van der Waals surface area (Å²) in [5.74, 6) is 0.447. The van der Waals surface area contributed by atoms with Crippen LogP contribution < -0.4 is 15.4 Å². The van der Waals surface area contributed by atoms with Crippen molar-refractivity contribution in [2.45, 2.75) is 26.8 Å². The summed E-state index contributed by atoms with van der Waals surface area (Å²) in [6, 6.07) is 0. The van der Waals surface area contributed by atoms with E-state index >= 15 is 0 Å². The Morgan fingerprint density at radius 1 is 1.32 bits per heavy atom. The molecule has 2 heterocycles. The molecule has 2 aromatic rings. The first-order valence-electron chi connectivity index (χ1n) is 8.41. The molecule has 0 radical (unpaired) electrons. The molecular weight excluding hydrogens is 386 g/mol. The molecule has 28 heavy (non-hydrogen) atoms. The second-order valence-corrected chi connectivity index (χ2v) is 6.38. The van der Waals surface area contributed by atoms with Crippen LogP contribution in [0.1, 0.15) is 33.6 Å². The Morgan fingerprint density at radius 3 is 2.64 bits per heavy atom. The molecule has 0 atom stereocenters. The van der Waals surface area contributed by atoms with E-state index in [0.29, 0.717) is 17.7 Å². The molecule has 2 rings (SSSR count). The van der Waals surface area contributed by atoms with Gasteiger partial charge in [-0.2, -0.15) is 4.98 Å². The van der Waals surface area contributed by atoms with Crippen LogP contribution in [-0.2, 0) is 16.1 Å². The number of methoxy groups -OCH3 is 2.